The monoisotopic (exact) mass is 411 g/mol. The highest BCUT2D eigenvalue weighted by molar-refractivity contribution is 5.71. The number of fused-ring (bicyclic) bond motifs is 1. The summed E-state index contributed by atoms with van der Waals surface area (Å²) in [5, 5.41) is 3.15. The third-order valence-electron chi connectivity index (χ3n) is 6.29. The number of H-pyrrole nitrogens is 1. The van der Waals surface area contributed by atoms with Gasteiger partial charge in [0.1, 0.15) is 5.82 Å². The lowest BCUT2D eigenvalue weighted by atomic mass is 9.85. The summed E-state index contributed by atoms with van der Waals surface area (Å²) in [5.41, 5.74) is 0.539. The van der Waals surface area contributed by atoms with Crippen LogP contribution in [0.5, 0.6) is 0 Å². The Kier molecular flexibility index (Phi) is 5.57. The average Bonchev–Trinajstić information content (AvgIpc) is 3.34. The van der Waals surface area contributed by atoms with E-state index in [0.29, 0.717) is 42.4 Å². The van der Waals surface area contributed by atoms with Crippen molar-refractivity contribution in [2.45, 2.75) is 89.4 Å². The summed E-state index contributed by atoms with van der Waals surface area (Å²) in [5.74, 6) is 0.160. The molecule has 2 aliphatic carbocycles. The number of aromatic nitrogens is 4. The highest BCUT2D eigenvalue weighted by Gasteiger charge is 2.42. The van der Waals surface area contributed by atoms with Crippen LogP contribution in [-0.4, -0.2) is 31.7 Å². The van der Waals surface area contributed by atoms with Crippen molar-refractivity contribution >= 4 is 17.1 Å². The smallest absolute Gasteiger partial charge is 0.353 e. The van der Waals surface area contributed by atoms with Gasteiger partial charge in [-0.15, -0.1) is 0 Å². The van der Waals surface area contributed by atoms with Crippen molar-refractivity contribution in [2.24, 2.45) is 5.92 Å². The van der Waals surface area contributed by atoms with Crippen LogP contribution in [0.15, 0.2) is 4.79 Å². The Morgan fingerprint density at radius 2 is 1.90 bits per heavy atom. The van der Waals surface area contributed by atoms with Crippen molar-refractivity contribution in [1.82, 2.24) is 19.5 Å². The summed E-state index contributed by atoms with van der Waals surface area (Å²) in [6.07, 6.45) is 2.28. The van der Waals surface area contributed by atoms with Gasteiger partial charge in [-0.3, -0.25) is 9.36 Å². The zero-order valence-corrected chi connectivity index (χ0v) is 16.7. The maximum absolute atomic E-state index is 13.2. The first-order valence-corrected chi connectivity index (χ1v) is 10.7. The quantitative estimate of drug-likeness (QED) is 0.747. The summed E-state index contributed by atoms with van der Waals surface area (Å²) >= 11 is 0. The second-order valence-corrected chi connectivity index (χ2v) is 8.44. The topological polar surface area (TPSA) is 75.6 Å². The van der Waals surface area contributed by atoms with Gasteiger partial charge in [-0.2, -0.15) is 18.2 Å². The molecule has 2 fully saturated rings. The number of anilines is 1. The van der Waals surface area contributed by atoms with Crippen LogP contribution < -0.4 is 10.9 Å². The van der Waals surface area contributed by atoms with Gasteiger partial charge in [-0.1, -0.05) is 26.2 Å². The van der Waals surface area contributed by atoms with E-state index >= 15 is 0 Å². The first-order chi connectivity index (χ1) is 13.9. The number of nitrogens with one attached hydrogen (secondary N) is 2. The first-order valence-electron chi connectivity index (χ1n) is 10.7. The van der Waals surface area contributed by atoms with Crippen LogP contribution in [0.4, 0.5) is 19.1 Å². The van der Waals surface area contributed by atoms with Gasteiger partial charge in [0.25, 0.3) is 5.56 Å². The van der Waals surface area contributed by atoms with E-state index in [1.54, 1.807) is 0 Å². The molecule has 6 nitrogen and oxygen atoms in total. The van der Waals surface area contributed by atoms with E-state index in [4.69, 9.17) is 0 Å². The van der Waals surface area contributed by atoms with Crippen molar-refractivity contribution in [1.29, 1.82) is 0 Å². The van der Waals surface area contributed by atoms with Crippen LogP contribution in [0.25, 0.3) is 11.2 Å². The Balaban J connectivity index is 1.65. The number of halogens is 3. The SMILES string of the molecule is CCCn1c(NC2CCCC(C(F)(F)F)C2)nc2nc(C3CCCC3)[nH]c2c1=O. The molecule has 2 unspecified atom stereocenters. The first kappa shape index (κ1) is 20.2. The Labute approximate surface area is 167 Å². The molecule has 0 amide bonds. The van der Waals surface area contributed by atoms with Gasteiger partial charge in [0.15, 0.2) is 11.2 Å². The lowest BCUT2D eigenvalue weighted by molar-refractivity contribution is -0.182. The fourth-order valence-corrected chi connectivity index (χ4v) is 4.74. The van der Waals surface area contributed by atoms with Crippen molar-refractivity contribution in [3.63, 3.8) is 0 Å². The number of alkyl halides is 3. The molecule has 2 saturated carbocycles. The van der Waals surface area contributed by atoms with Crippen molar-refractivity contribution < 1.29 is 13.2 Å². The summed E-state index contributed by atoms with van der Waals surface area (Å²) < 4.78 is 41.0. The van der Waals surface area contributed by atoms with Crippen LogP contribution in [0, 0.1) is 5.92 Å². The van der Waals surface area contributed by atoms with Gasteiger partial charge < -0.3 is 10.3 Å². The average molecular weight is 411 g/mol. The second-order valence-electron chi connectivity index (χ2n) is 8.44. The Hall–Kier alpha value is -2.06. The van der Waals surface area contributed by atoms with Crippen molar-refractivity contribution in [3.05, 3.63) is 16.2 Å². The minimum atomic E-state index is -4.18. The molecule has 0 bridgehead atoms. The van der Waals surface area contributed by atoms with Gasteiger partial charge in [0.05, 0.1) is 5.92 Å². The number of nitrogens with zero attached hydrogens (tertiary/aromatic N) is 3. The third kappa shape index (κ3) is 4.14. The molecule has 2 aromatic rings. The molecule has 2 aromatic heterocycles. The minimum Gasteiger partial charge on any atom is -0.353 e. The molecule has 9 heteroatoms. The predicted octanol–water partition coefficient (Wildman–Crippen LogP) is 4.72. The van der Waals surface area contributed by atoms with E-state index in [-0.39, 0.29) is 24.4 Å². The molecule has 2 N–H and O–H groups in total. The predicted molar refractivity (Wildman–Crippen MR) is 105 cm³/mol. The largest absolute Gasteiger partial charge is 0.391 e. The number of imidazole rings is 1. The minimum absolute atomic E-state index is 0.0113. The van der Waals surface area contributed by atoms with E-state index < -0.39 is 12.1 Å². The number of aromatic amines is 1. The highest BCUT2D eigenvalue weighted by Crippen LogP contribution is 2.38. The van der Waals surface area contributed by atoms with Gasteiger partial charge in [-0.25, -0.2) is 4.98 Å². The lowest BCUT2D eigenvalue weighted by Gasteiger charge is -2.31. The Bertz CT molecular complexity index is 913. The number of rotatable bonds is 5. The molecule has 0 aromatic carbocycles. The second kappa shape index (κ2) is 7.99. The van der Waals surface area contributed by atoms with Crippen molar-refractivity contribution in [2.75, 3.05) is 5.32 Å². The fourth-order valence-electron chi connectivity index (χ4n) is 4.74. The number of hydrogen-bond donors (Lipinski definition) is 2. The van der Waals surface area contributed by atoms with Crippen LogP contribution in [0.2, 0.25) is 0 Å². The zero-order valence-electron chi connectivity index (χ0n) is 16.7. The van der Waals surface area contributed by atoms with Crippen LogP contribution in [0.3, 0.4) is 0 Å². The zero-order chi connectivity index (χ0) is 20.6. The van der Waals surface area contributed by atoms with Gasteiger partial charge in [-0.05, 0) is 38.5 Å². The third-order valence-corrected chi connectivity index (χ3v) is 6.29. The molecular formula is C20H28F3N5O. The summed E-state index contributed by atoms with van der Waals surface area (Å²) in [4.78, 5) is 25.4. The van der Waals surface area contributed by atoms with E-state index in [2.05, 4.69) is 20.3 Å². The van der Waals surface area contributed by atoms with E-state index in [0.717, 1.165) is 37.9 Å². The summed E-state index contributed by atoms with van der Waals surface area (Å²) in [6, 6.07) is -0.351. The fraction of sp³-hybridized carbons (Fsp3) is 0.750. The van der Waals surface area contributed by atoms with Gasteiger partial charge >= 0.3 is 6.18 Å². The molecule has 2 heterocycles. The number of hydrogen-bond acceptors (Lipinski definition) is 4. The molecule has 0 radical (unpaired) electrons. The Morgan fingerprint density at radius 3 is 2.59 bits per heavy atom. The van der Waals surface area contributed by atoms with E-state index in [9.17, 15) is 18.0 Å². The summed E-state index contributed by atoms with van der Waals surface area (Å²) in [6.45, 7) is 2.41. The summed E-state index contributed by atoms with van der Waals surface area (Å²) in [7, 11) is 0. The molecule has 4 rings (SSSR count). The standard InChI is InChI=1S/C20H28F3N5O/c1-2-10-28-18(29)15-17(26-16(25-15)12-6-3-4-7-12)27-19(28)24-14-9-5-8-13(11-14)20(21,22)23/h12-14H,2-11H2,1H3,(H,24,27)(H,25,26). The van der Waals surface area contributed by atoms with Crippen LogP contribution >= 0.6 is 0 Å². The van der Waals surface area contributed by atoms with E-state index in [1.807, 2.05) is 6.92 Å². The van der Waals surface area contributed by atoms with Crippen LogP contribution in [0.1, 0.15) is 76.5 Å². The van der Waals surface area contributed by atoms with Gasteiger partial charge in [0, 0.05) is 18.5 Å². The molecule has 160 valence electrons. The molecule has 0 spiro atoms. The molecule has 2 atom stereocenters. The molecule has 0 saturated heterocycles. The highest BCUT2D eigenvalue weighted by atomic mass is 19.4. The van der Waals surface area contributed by atoms with Gasteiger partial charge in [0.2, 0.25) is 5.95 Å². The molecular weight excluding hydrogens is 383 g/mol. The maximum Gasteiger partial charge on any atom is 0.391 e. The Morgan fingerprint density at radius 1 is 1.14 bits per heavy atom. The normalized spacial score (nSPS) is 23.7. The van der Waals surface area contributed by atoms with Crippen LogP contribution in [-0.2, 0) is 6.54 Å². The van der Waals surface area contributed by atoms with Crippen molar-refractivity contribution in [3.8, 4) is 0 Å². The maximum atomic E-state index is 13.2. The molecule has 0 aliphatic heterocycles. The molecule has 2 aliphatic rings. The van der Waals surface area contributed by atoms with E-state index in [1.165, 1.54) is 4.57 Å². The lowest BCUT2D eigenvalue weighted by Crippen LogP contribution is -2.36. The molecule has 29 heavy (non-hydrogen) atoms.